The summed E-state index contributed by atoms with van der Waals surface area (Å²) in [5, 5.41) is 0.353. The summed E-state index contributed by atoms with van der Waals surface area (Å²) in [5.74, 6) is 0.951. The third-order valence-electron chi connectivity index (χ3n) is 2.56. The highest BCUT2D eigenvalue weighted by Crippen LogP contribution is 2.37. The van der Waals surface area contributed by atoms with E-state index in [1.165, 1.54) is 0 Å². The van der Waals surface area contributed by atoms with Crippen molar-refractivity contribution in [2.75, 3.05) is 5.75 Å². The Kier molecular flexibility index (Phi) is 4.72. The molecule has 0 amide bonds. The predicted molar refractivity (Wildman–Crippen MR) is 76.8 cm³/mol. The molecule has 0 saturated heterocycles. The maximum absolute atomic E-state index is 12.8. The van der Waals surface area contributed by atoms with Gasteiger partial charge in [-0.15, -0.1) is 23.1 Å². The molecule has 2 aromatic rings. The summed E-state index contributed by atoms with van der Waals surface area (Å²) in [6.07, 6.45) is -4.46. The van der Waals surface area contributed by atoms with Crippen LogP contribution in [0.15, 0.2) is 29.2 Å². The van der Waals surface area contributed by atoms with Gasteiger partial charge in [0, 0.05) is 17.0 Å². The van der Waals surface area contributed by atoms with E-state index in [4.69, 9.17) is 5.73 Å². The van der Waals surface area contributed by atoms with Crippen LogP contribution in [0.5, 0.6) is 0 Å². The van der Waals surface area contributed by atoms with Crippen molar-refractivity contribution >= 4 is 23.1 Å². The molecule has 0 unspecified atom stereocenters. The summed E-state index contributed by atoms with van der Waals surface area (Å²) < 4.78 is 38.4. The molecule has 1 heterocycles. The number of nitrogens with two attached hydrogens (primary N) is 1. The molecule has 2 N–H and O–H groups in total. The standard InChI is InChI=1S/C13H13F3N2S2/c1-2-19-9-5-3-8(4-6-9)12-18-11(13(14,15)16)10(7-17)20-12/h3-6H,2,7,17H2,1H3. The van der Waals surface area contributed by atoms with Gasteiger partial charge in [0.15, 0.2) is 5.69 Å². The molecule has 1 aromatic heterocycles. The minimum Gasteiger partial charge on any atom is -0.326 e. The van der Waals surface area contributed by atoms with Crippen molar-refractivity contribution in [3.05, 3.63) is 34.8 Å². The van der Waals surface area contributed by atoms with Crippen molar-refractivity contribution in [1.29, 1.82) is 0 Å². The van der Waals surface area contributed by atoms with Gasteiger partial charge in [-0.05, 0) is 17.9 Å². The van der Waals surface area contributed by atoms with Crippen LogP contribution in [0.3, 0.4) is 0 Å². The Balaban J connectivity index is 2.35. The van der Waals surface area contributed by atoms with Gasteiger partial charge in [-0.2, -0.15) is 13.2 Å². The molecule has 0 saturated carbocycles. The molecule has 20 heavy (non-hydrogen) atoms. The Morgan fingerprint density at radius 2 is 1.90 bits per heavy atom. The van der Waals surface area contributed by atoms with E-state index in [9.17, 15) is 13.2 Å². The number of aromatic nitrogens is 1. The summed E-state index contributed by atoms with van der Waals surface area (Å²) >= 11 is 2.68. The molecule has 2 nitrogen and oxygen atoms in total. The van der Waals surface area contributed by atoms with Crippen LogP contribution in [0.4, 0.5) is 13.2 Å². The minimum absolute atomic E-state index is 0.0690. The molecule has 1 aromatic carbocycles. The fourth-order valence-corrected chi connectivity index (χ4v) is 3.32. The molecule has 0 fully saturated rings. The second-order valence-electron chi connectivity index (χ2n) is 3.95. The largest absolute Gasteiger partial charge is 0.434 e. The smallest absolute Gasteiger partial charge is 0.326 e. The molecule has 0 bridgehead atoms. The zero-order valence-electron chi connectivity index (χ0n) is 10.7. The molecule has 0 aliphatic carbocycles. The summed E-state index contributed by atoms with van der Waals surface area (Å²) in [5.41, 5.74) is 5.18. The van der Waals surface area contributed by atoms with Crippen molar-refractivity contribution in [1.82, 2.24) is 4.98 Å². The Labute approximate surface area is 123 Å². The average molecular weight is 318 g/mol. The van der Waals surface area contributed by atoms with Crippen LogP contribution in [-0.4, -0.2) is 10.7 Å². The number of rotatable bonds is 4. The van der Waals surface area contributed by atoms with Crippen molar-refractivity contribution < 1.29 is 13.2 Å². The highest BCUT2D eigenvalue weighted by Gasteiger charge is 2.37. The lowest BCUT2D eigenvalue weighted by atomic mass is 10.2. The second-order valence-corrected chi connectivity index (χ2v) is 6.37. The van der Waals surface area contributed by atoms with Crippen molar-refractivity contribution in [3.63, 3.8) is 0 Å². The first-order valence-corrected chi connectivity index (χ1v) is 7.76. The van der Waals surface area contributed by atoms with Gasteiger partial charge < -0.3 is 5.73 Å². The van der Waals surface area contributed by atoms with Crippen molar-refractivity contribution in [2.24, 2.45) is 5.73 Å². The highest BCUT2D eigenvalue weighted by molar-refractivity contribution is 7.99. The van der Waals surface area contributed by atoms with E-state index < -0.39 is 11.9 Å². The first-order valence-electron chi connectivity index (χ1n) is 5.96. The van der Waals surface area contributed by atoms with E-state index in [1.807, 2.05) is 19.1 Å². The van der Waals surface area contributed by atoms with Crippen LogP contribution in [0.25, 0.3) is 10.6 Å². The zero-order valence-corrected chi connectivity index (χ0v) is 12.3. The van der Waals surface area contributed by atoms with Crippen molar-refractivity contribution in [3.8, 4) is 10.6 Å². The lowest BCUT2D eigenvalue weighted by molar-refractivity contribution is -0.141. The first kappa shape index (κ1) is 15.3. The molecule has 0 aliphatic heterocycles. The quantitative estimate of drug-likeness (QED) is 0.849. The molecule has 0 radical (unpaired) electrons. The number of hydrogen-bond donors (Lipinski definition) is 1. The number of hydrogen-bond acceptors (Lipinski definition) is 4. The van der Waals surface area contributed by atoms with Gasteiger partial charge in [-0.1, -0.05) is 19.1 Å². The van der Waals surface area contributed by atoms with Gasteiger partial charge in [0.1, 0.15) is 5.01 Å². The van der Waals surface area contributed by atoms with E-state index in [1.54, 1.807) is 23.9 Å². The average Bonchev–Trinajstić information content (AvgIpc) is 2.84. The molecule has 0 aliphatic rings. The number of alkyl halides is 3. The van der Waals surface area contributed by atoms with E-state index >= 15 is 0 Å². The van der Waals surface area contributed by atoms with Crippen LogP contribution < -0.4 is 5.73 Å². The number of benzene rings is 1. The molecule has 108 valence electrons. The fourth-order valence-electron chi connectivity index (χ4n) is 1.70. The molecular weight excluding hydrogens is 305 g/mol. The predicted octanol–water partition coefficient (Wildman–Crippen LogP) is 4.40. The van der Waals surface area contributed by atoms with Gasteiger partial charge in [0.05, 0.1) is 4.88 Å². The maximum Gasteiger partial charge on any atom is 0.434 e. The fraction of sp³-hybridized carbons (Fsp3) is 0.308. The van der Waals surface area contributed by atoms with Gasteiger partial charge >= 0.3 is 6.18 Å². The van der Waals surface area contributed by atoms with Gasteiger partial charge in [-0.25, -0.2) is 4.98 Å². The van der Waals surface area contributed by atoms with Crippen molar-refractivity contribution in [2.45, 2.75) is 24.5 Å². The monoisotopic (exact) mass is 318 g/mol. The third-order valence-corrected chi connectivity index (χ3v) is 4.58. The normalized spacial score (nSPS) is 11.8. The number of thiazole rings is 1. The summed E-state index contributed by atoms with van der Waals surface area (Å²) in [6.45, 7) is 1.89. The van der Waals surface area contributed by atoms with E-state index in [-0.39, 0.29) is 11.4 Å². The lowest BCUT2D eigenvalue weighted by Crippen LogP contribution is -2.10. The highest BCUT2D eigenvalue weighted by atomic mass is 32.2. The summed E-state index contributed by atoms with van der Waals surface area (Å²) in [7, 11) is 0. The van der Waals surface area contributed by atoms with E-state index in [2.05, 4.69) is 4.98 Å². The van der Waals surface area contributed by atoms with Gasteiger partial charge in [-0.3, -0.25) is 0 Å². The van der Waals surface area contributed by atoms with E-state index in [0.29, 0.717) is 10.6 Å². The topological polar surface area (TPSA) is 38.9 Å². The van der Waals surface area contributed by atoms with Gasteiger partial charge in [0.2, 0.25) is 0 Å². The number of nitrogens with zero attached hydrogens (tertiary/aromatic N) is 1. The van der Waals surface area contributed by atoms with Crippen LogP contribution in [0.1, 0.15) is 17.5 Å². The van der Waals surface area contributed by atoms with Crippen LogP contribution >= 0.6 is 23.1 Å². The van der Waals surface area contributed by atoms with Gasteiger partial charge in [0.25, 0.3) is 0 Å². The Morgan fingerprint density at radius 1 is 1.25 bits per heavy atom. The number of halogens is 3. The molecule has 0 atom stereocenters. The SMILES string of the molecule is CCSc1ccc(-c2nc(C(F)(F)F)c(CN)s2)cc1. The van der Waals surface area contributed by atoms with E-state index in [0.717, 1.165) is 22.0 Å². The first-order chi connectivity index (χ1) is 9.45. The van der Waals surface area contributed by atoms with Crippen LogP contribution in [0.2, 0.25) is 0 Å². The van der Waals surface area contributed by atoms with Crippen LogP contribution in [-0.2, 0) is 12.7 Å². The Morgan fingerprint density at radius 3 is 2.35 bits per heavy atom. The molecular formula is C13H13F3N2S2. The zero-order chi connectivity index (χ0) is 14.8. The Bertz CT molecular complexity index is 576. The second kappa shape index (κ2) is 6.15. The maximum atomic E-state index is 12.8. The number of thioether (sulfide) groups is 1. The molecule has 7 heteroatoms. The molecule has 0 spiro atoms. The minimum atomic E-state index is -4.46. The Hall–Kier alpha value is -1.05. The summed E-state index contributed by atoms with van der Waals surface area (Å²) in [6, 6.07) is 7.36. The van der Waals surface area contributed by atoms with Crippen LogP contribution in [0, 0.1) is 0 Å². The third kappa shape index (κ3) is 3.34. The summed E-state index contributed by atoms with van der Waals surface area (Å²) in [4.78, 5) is 4.86. The lowest BCUT2D eigenvalue weighted by Gasteiger charge is -2.03. The molecule has 2 rings (SSSR count).